The summed E-state index contributed by atoms with van der Waals surface area (Å²) >= 11 is 6.14. The third-order valence-corrected chi connectivity index (χ3v) is 5.54. The summed E-state index contributed by atoms with van der Waals surface area (Å²) in [5, 5.41) is 7.75. The second kappa shape index (κ2) is 11.8. The lowest BCUT2D eigenvalue weighted by atomic mass is 9.94. The molecular formula is C22H34ClN5. The van der Waals surface area contributed by atoms with Crippen molar-refractivity contribution >= 4 is 23.6 Å². The van der Waals surface area contributed by atoms with Crippen molar-refractivity contribution in [2.75, 3.05) is 37.6 Å². The zero-order valence-electron chi connectivity index (χ0n) is 17.2. The number of anilines is 1. The van der Waals surface area contributed by atoms with Gasteiger partial charge < -0.3 is 21.3 Å². The fraction of sp³-hybridized carbons (Fsp3) is 0.500. The number of hydrogen-bond acceptors (Lipinski definition) is 4. The molecule has 6 heteroatoms. The Kier molecular flexibility index (Phi) is 9.38. The van der Waals surface area contributed by atoms with Crippen LogP contribution in [0.4, 0.5) is 5.69 Å². The Morgan fingerprint density at radius 1 is 1.29 bits per heavy atom. The maximum absolute atomic E-state index is 6.14. The lowest BCUT2D eigenvalue weighted by Gasteiger charge is -2.24. The van der Waals surface area contributed by atoms with E-state index in [0.29, 0.717) is 0 Å². The molecule has 1 aromatic carbocycles. The zero-order valence-corrected chi connectivity index (χ0v) is 18.0. The number of nitrogens with one attached hydrogen (secondary N) is 2. The number of hydrogen-bond donors (Lipinski definition) is 3. The van der Waals surface area contributed by atoms with Crippen molar-refractivity contribution in [2.24, 2.45) is 10.7 Å². The van der Waals surface area contributed by atoms with Gasteiger partial charge in [-0.05, 0) is 68.9 Å². The molecule has 4 N–H and O–H groups in total. The Morgan fingerprint density at radius 3 is 2.79 bits per heavy atom. The third-order valence-electron chi connectivity index (χ3n) is 5.12. The van der Waals surface area contributed by atoms with Crippen LogP contribution in [-0.2, 0) is 0 Å². The van der Waals surface area contributed by atoms with Crippen LogP contribution in [0.2, 0.25) is 5.02 Å². The highest BCUT2D eigenvalue weighted by Gasteiger charge is 2.14. The van der Waals surface area contributed by atoms with Gasteiger partial charge in [0, 0.05) is 54.8 Å². The molecule has 5 nitrogen and oxygen atoms in total. The molecule has 0 atom stereocenters. The van der Waals surface area contributed by atoms with Crippen LogP contribution < -0.4 is 21.3 Å². The predicted octanol–water partition coefficient (Wildman–Crippen LogP) is 3.98. The number of nitrogens with two attached hydrogens (primary N) is 1. The molecular weight excluding hydrogens is 370 g/mol. The van der Waals surface area contributed by atoms with Crippen molar-refractivity contribution in [3.05, 3.63) is 52.3 Å². The summed E-state index contributed by atoms with van der Waals surface area (Å²) in [6.45, 7) is 13.0. The first-order valence-electron chi connectivity index (χ1n) is 10.2. The fourth-order valence-corrected chi connectivity index (χ4v) is 3.61. The molecule has 0 fully saturated rings. The van der Waals surface area contributed by atoms with E-state index in [2.05, 4.69) is 46.2 Å². The van der Waals surface area contributed by atoms with E-state index in [9.17, 15) is 0 Å². The highest BCUT2D eigenvalue weighted by Crippen LogP contribution is 2.28. The molecule has 0 unspecified atom stereocenters. The molecule has 0 heterocycles. The van der Waals surface area contributed by atoms with Crippen LogP contribution in [0.25, 0.3) is 0 Å². The van der Waals surface area contributed by atoms with Crippen molar-refractivity contribution < 1.29 is 0 Å². The SMILES string of the molecule is C=C(NCCNCCN(CC)c1ccc(Cl)c(C)c1)C1=C(N=CN)CCCC1. The van der Waals surface area contributed by atoms with Crippen molar-refractivity contribution in [1.82, 2.24) is 10.6 Å². The smallest absolute Gasteiger partial charge is 0.0856 e. The maximum Gasteiger partial charge on any atom is 0.0856 e. The summed E-state index contributed by atoms with van der Waals surface area (Å²) in [7, 11) is 0. The van der Waals surface area contributed by atoms with Gasteiger partial charge in [0.2, 0.25) is 0 Å². The number of likely N-dealkylation sites (N-methyl/N-ethyl adjacent to an activating group) is 1. The summed E-state index contributed by atoms with van der Waals surface area (Å²) in [4.78, 5) is 6.67. The van der Waals surface area contributed by atoms with Crippen molar-refractivity contribution in [3.8, 4) is 0 Å². The second-order valence-electron chi connectivity index (χ2n) is 7.08. The Hall–Kier alpha value is -1.98. The Bertz CT molecular complexity index is 711. The molecule has 154 valence electrons. The highest BCUT2D eigenvalue weighted by molar-refractivity contribution is 6.31. The minimum atomic E-state index is 0.817. The quantitative estimate of drug-likeness (QED) is 0.297. The number of aryl methyl sites for hydroxylation is 1. The number of allylic oxidation sites excluding steroid dienone is 2. The van der Waals surface area contributed by atoms with Crippen molar-refractivity contribution in [3.63, 3.8) is 0 Å². The van der Waals surface area contributed by atoms with Crippen LogP contribution in [0.1, 0.15) is 38.2 Å². The number of rotatable bonds is 11. The van der Waals surface area contributed by atoms with Gasteiger partial charge in [0.05, 0.1) is 6.34 Å². The van der Waals surface area contributed by atoms with Crippen LogP contribution in [0.3, 0.4) is 0 Å². The second-order valence-corrected chi connectivity index (χ2v) is 7.49. The first-order chi connectivity index (χ1) is 13.6. The van der Waals surface area contributed by atoms with E-state index >= 15 is 0 Å². The predicted molar refractivity (Wildman–Crippen MR) is 122 cm³/mol. The molecule has 0 saturated carbocycles. The van der Waals surface area contributed by atoms with Crippen LogP contribution in [-0.4, -0.2) is 39.1 Å². The zero-order chi connectivity index (χ0) is 20.4. The Labute approximate surface area is 174 Å². The van der Waals surface area contributed by atoms with E-state index in [1.807, 2.05) is 13.0 Å². The van der Waals surface area contributed by atoms with Gasteiger partial charge >= 0.3 is 0 Å². The highest BCUT2D eigenvalue weighted by atomic mass is 35.5. The van der Waals surface area contributed by atoms with Gasteiger partial charge in [-0.1, -0.05) is 18.2 Å². The van der Waals surface area contributed by atoms with Gasteiger partial charge in [-0.3, -0.25) is 0 Å². The molecule has 0 aromatic heterocycles. The molecule has 0 radical (unpaired) electrons. The summed E-state index contributed by atoms with van der Waals surface area (Å²) in [5.74, 6) is 0. The molecule has 1 aromatic rings. The average molecular weight is 404 g/mol. The van der Waals surface area contributed by atoms with E-state index in [1.165, 1.54) is 30.4 Å². The largest absolute Gasteiger partial charge is 0.390 e. The lowest BCUT2D eigenvalue weighted by Crippen LogP contribution is -2.35. The molecule has 1 aliphatic rings. The molecule has 0 aliphatic heterocycles. The number of benzene rings is 1. The van der Waals surface area contributed by atoms with Gasteiger partial charge in [-0.25, -0.2) is 4.99 Å². The topological polar surface area (TPSA) is 65.7 Å². The van der Waals surface area contributed by atoms with Gasteiger partial charge in [-0.2, -0.15) is 0 Å². The number of halogens is 1. The van der Waals surface area contributed by atoms with Crippen LogP contribution in [0.5, 0.6) is 0 Å². The minimum Gasteiger partial charge on any atom is -0.390 e. The minimum absolute atomic E-state index is 0.817. The molecule has 2 rings (SSSR count). The number of aliphatic imine (C=N–C) groups is 1. The van der Waals surface area contributed by atoms with Gasteiger partial charge in [0.1, 0.15) is 0 Å². The molecule has 0 spiro atoms. The molecule has 1 aliphatic carbocycles. The molecule has 0 saturated heterocycles. The summed E-state index contributed by atoms with van der Waals surface area (Å²) < 4.78 is 0. The van der Waals surface area contributed by atoms with Gasteiger partial charge in [-0.15, -0.1) is 0 Å². The average Bonchev–Trinajstić information content (AvgIpc) is 2.70. The Morgan fingerprint density at radius 2 is 2.07 bits per heavy atom. The normalized spacial score (nSPS) is 14.5. The van der Waals surface area contributed by atoms with Crippen LogP contribution in [0, 0.1) is 6.92 Å². The first-order valence-corrected chi connectivity index (χ1v) is 10.6. The summed E-state index contributed by atoms with van der Waals surface area (Å²) in [5.41, 5.74) is 11.1. The van der Waals surface area contributed by atoms with Gasteiger partial charge in [0.15, 0.2) is 0 Å². The monoisotopic (exact) mass is 403 g/mol. The summed E-state index contributed by atoms with van der Waals surface area (Å²) in [6.07, 6.45) is 5.76. The van der Waals surface area contributed by atoms with Crippen LogP contribution >= 0.6 is 11.6 Å². The van der Waals surface area contributed by atoms with Gasteiger partial charge in [0.25, 0.3) is 0 Å². The standard InChI is InChI=1S/C22H34ClN5/c1-4-28(19-9-10-21(23)17(2)15-19)14-13-25-11-12-26-18(3)20-7-5-6-8-22(20)27-16-24/h9-10,15-16,25-26H,3-8,11-14H2,1-2H3,(H2,24,27). The van der Waals surface area contributed by atoms with E-state index in [-0.39, 0.29) is 0 Å². The van der Waals surface area contributed by atoms with Crippen molar-refractivity contribution in [1.29, 1.82) is 0 Å². The third kappa shape index (κ3) is 6.57. The number of nitrogens with zero attached hydrogens (tertiary/aromatic N) is 2. The van der Waals surface area contributed by atoms with E-state index in [4.69, 9.17) is 17.3 Å². The Balaban J connectivity index is 1.72. The first kappa shape index (κ1) is 22.3. The van der Waals surface area contributed by atoms with E-state index in [0.717, 1.165) is 67.5 Å². The van der Waals surface area contributed by atoms with Crippen LogP contribution in [0.15, 0.2) is 46.7 Å². The van der Waals surface area contributed by atoms with E-state index < -0.39 is 0 Å². The fourth-order valence-electron chi connectivity index (χ4n) is 3.49. The molecule has 28 heavy (non-hydrogen) atoms. The van der Waals surface area contributed by atoms with E-state index in [1.54, 1.807) is 0 Å². The molecule has 0 amide bonds. The maximum atomic E-state index is 6.14. The lowest BCUT2D eigenvalue weighted by molar-refractivity contribution is 0.625. The summed E-state index contributed by atoms with van der Waals surface area (Å²) in [6, 6.07) is 6.21. The van der Waals surface area contributed by atoms with Crippen molar-refractivity contribution in [2.45, 2.75) is 39.5 Å². The molecule has 0 bridgehead atoms.